The second-order valence-electron chi connectivity index (χ2n) is 32.3. The van der Waals surface area contributed by atoms with Crippen LogP contribution in [0.15, 0.2) is 97.1 Å². The summed E-state index contributed by atoms with van der Waals surface area (Å²) in [5.74, 6) is 0. The van der Waals surface area contributed by atoms with E-state index in [1.165, 1.54) is 166 Å². The molecule has 0 aliphatic carbocycles. The minimum Gasteiger partial charge on any atom is -0.144 e. The largest absolute Gasteiger partial charge is 0.144 e. The first-order valence-electron chi connectivity index (χ1n) is 34.3. The third kappa shape index (κ3) is 12.8. The molecule has 0 unspecified atom stereocenters. The van der Waals surface area contributed by atoms with E-state index in [1.54, 1.807) is 59.8 Å². The van der Waals surface area contributed by atoms with Gasteiger partial charge in [-0.3, -0.25) is 0 Å². The minimum atomic E-state index is -2.07. The summed E-state index contributed by atoms with van der Waals surface area (Å²) in [5, 5.41) is 0. The molecule has 0 radical (unpaired) electrons. The van der Waals surface area contributed by atoms with Crippen LogP contribution in [0.2, 0.25) is 78.6 Å². The fraction of sp³-hybridized carbons (Fsp3) is 0.300. The first-order chi connectivity index (χ1) is 46.7. The first-order valence-corrected chi connectivity index (χ1v) is 62.6. The van der Waals surface area contributed by atoms with Crippen molar-refractivity contribution < 1.29 is 0 Å². The minimum absolute atomic E-state index is 1.24. The van der Waals surface area contributed by atoms with Crippen LogP contribution in [-0.2, 0) is 24.2 Å². The van der Waals surface area contributed by atoms with Crippen LogP contribution in [0.1, 0.15) is 66.8 Å². The molecule has 99 heavy (non-hydrogen) atoms. The fourth-order valence-corrected chi connectivity index (χ4v) is 45.9. The molecule has 0 fully saturated rings. The normalized spacial score (nSPS) is 14.2. The van der Waals surface area contributed by atoms with Crippen LogP contribution in [-0.4, -0.2) is 40.4 Å². The van der Waals surface area contributed by atoms with Crippen molar-refractivity contribution in [2.24, 2.45) is 0 Å². The maximum atomic E-state index is 2.59. The van der Waals surface area contributed by atoms with E-state index in [1.807, 2.05) is 90.7 Å². The molecule has 2 aliphatic rings. The van der Waals surface area contributed by atoms with Crippen molar-refractivity contribution in [3.63, 3.8) is 0 Å². The van der Waals surface area contributed by atoms with E-state index in [0.717, 1.165) is 0 Å². The van der Waals surface area contributed by atoms with Gasteiger partial charge in [0.1, 0.15) is 0 Å². The SMILES string of the molecule is Cc1cc(-c2sc(-c3sc(-c4cc(C)c(-c5cc(C)c(-c6ccc([Si](C)(C)C)s6)s5)s4)c4c3C[Si]3(C4)Cc4c(-c5cc(C)c(-c6cc(C)c(-c7ccc([Si](C)(C)C)s7)s6)s5)sc(-c5cc(C)c(-c6cc(C)c(-c7ccc([Si](C)(C)C)s7)s6)s5)c4C3)cc2C)sc1-c1ccc([Si](C)(C)C)s1. The molecule has 0 bridgehead atoms. The van der Waals surface area contributed by atoms with Gasteiger partial charge in [0.2, 0.25) is 0 Å². The van der Waals surface area contributed by atoms with E-state index in [9.17, 15) is 0 Å². The lowest BCUT2D eigenvalue weighted by atomic mass is 10.1. The number of hydrogen-bond donors (Lipinski definition) is 0. The third-order valence-corrected chi connectivity index (χ3v) is 57.6. The van der Waals surface area contributed by atoms with Gasteiger partial charge in [-0.1, -0.05) is 103 Å². The van der Waals surface area contributed by atoms with Crippen molar-refractivity contribution >= 4 is 217 Å². The summed E-state index contributed by atoms with van der Waals surface area (Å²) in [7, 11) is -7.73. The average molecular weight is 1630 g/mol. The number of thiophene rings is 14. The Morgan fingerprint density at radius 1 is 0.202 bits per heavy atom. The molecule has 2 aliphatic heterocycles. The van der Waals surface area contributed by atoms with Crippen molar-refractivity contribution in [3.8, 4) is 117 Å². The van der Waals surface area contributed by atoms with Gasteiger partial charge in [0.05, 0.1) is 40.4 Å². The summed E-state index contributed by atoms with van der Waals surface area (Å²) >= 11 is 28.8. The molecule has 0 atom stereocenters. The molecule has 0 saturated carbocycles. The second kappa shape index (κ2) is 25.6. The molecule has 0 amide bonds. The molecule has 16 heterocycles. The van der Waals surface area contributed by atoms with Crippen LogP contribution in [0.3, 0.4) is 0 Å². The van der Waals surface area contributed by atoms with Crippen LogP contribution < -0.4 is 18.0 Å². The van der Waals surface area contributed by atoms with E-state index < -0.39 is 40.4 Å². The molecule has 1 spiro atoms. The van der Waals surface area contributed by atoms with Crippen LogP contribution in [0.5, 0.6) is 0 Å². The molecular weight excluding hydrogens is 1550 g/mol. The molecule has 0 nitrogen and oxygen atoms in total. The Balaban J connectivity index is 0.807. The van der Waals surface area contributed by atoms with Gasteiger partial charge in [-0.2, -0.15) is 0 Å². The van der Waals surface area contributed by atoms with Gasteiger partial charge in [-0.25, -0.2) is 0 Å². The van der Waals surface area contributed by atoms with Gasteiger partial charge >= 0.3 is 0 Å². The summed E-state index contributed by atoms with van der Waals surface area (Å²) < 4.78 is 6.36. The molecule has 19 heteroatoms. The lowest BCUT2D eigenvalue weighted by Gasteiger charge is -2.21. The first kappa shape index (κ1) is 70.2. The summed E-state index contributed by atoms with van der Waals surface area (Å²) in [5.41, 5.74) is 18.0. The van der Waals surface area contributed by atoms with Crippen molar-refractivity contribution in [2.45, 2.75) is 158 Å². The van der Waals surface area contributed by atoms with Gasteiger partial charge in [-0.15, -0.1) is 159 Å². The van der Waals surface area contributed by atoms with E-state index in [2.05, 4.69) is 299 Å². The van der Waals surface area contributed by atoms with Crippen molar-refractivity contribution in [1.82, 2.24) is 0 Å². The van der Waals surface area contributed by atoms with Crippen molar-refractivity contribution in [3.05, 3.63) is 164 Å². The topological polar surface area (TPSA) is 0 Å². The number of aryl methyl sites for hydroxylation is 8. The Morgan fingerprint density at radius 3 is 0.525 bits per heavy atom. The highest BCUT2D eigenvalue weighted by Gasteiger charge is 2.50. The molecule has 16 rings (SSSR count). The predicted molar refractivity (Wildman–Crippen MR) is 479 cm³/mol. The molecule has 508 valence electrons. The zero-order chi connectivity index (χ0) is 69.6. The Labute approximate surface area is 648 Å². The third-order valence-electron chi connectivity index (χ3n) is 19.8. The molecule has 0 saturated heterocycles. The average Bonchev–Trinajstić information content (AvgIpc) is 1.54. The number of rotatable bonds is 16. The van der Waals surface area contributed by atoms with Gasteiger partial charge < -0.3 is 0 Å². The zero-order valence-corrected chi connectivity index (χ0v) is 76.7. The Hall–Kier alpha value is -3.12. The van der Waals surface area contributed by atoms with Gasteiger partial charge in [0.25, 0.3) is 0 Å². The quantitative estimate of drug-likeness (QED) is 0.0846. The maximum Gasteiger partial charge on any atom is 0.0904 e. The molecule has 14 aromatic heterocycles. The molecule has 0 aromatic carbocycles. The number of fused-ring (bicyclic) bond motifs is 2. The highest BCUT2D eigenvalue weighted by molar-refractivity contribution is 7.36. The Bertz CT molecular complexity index is 4830. The Morgan fingerprint density at radius 2 is 0.364 bits per heavy atom. The van der Waals surface area contributed by atoms with Crippen LogP contribution in [0, 0.1) is 55.4 Å². The van der Waals surface area contributed by atoms with Gasteiger partial charge in [0.15, 0.2) is 0 Å². The van der Waals surface area contributed by atoms with Crippen LogP contribution >= 0.6 is 159 Å². The zero-order valence-electron chi connectivity index (χ0n) is 60.3. The van der Waals surface area contributed by atoms with E-state index >= 15 is 0 Å². The lowest BCUT2D eigenvalue weighted by molar-refractivity contribution is 1.24. The molecular formula is C80H84S14Si5. The van der Waals surface area contributed by atoms with E-state index in [0.29, 0.717) is 0 Å². The lowest BCUT2D eigenvalue weighted by Crippen LogP contribution is -2.38. The summed E-state index contributed by atoms with van der Waals surface area (Å²) in [6.07, 6.45) is 0. The smallest absolute Gasteiger partial charge is 0.0904 e. The van der Waals surface area contributed by atoms with Crippen LogP contribution in [0.25, 0.3) is 117 Å². The van der Waals surface area contributed by atoms with Crippen molar-refractivity contribution in [1.29, 1.82) is 0 Å². The summed E-state index contributed by atoms with van der Waals surface area (Å²) in [4.78, 5) is 35.0. The van der Waals surface area contributed by atoms with Gasteiger partial charge in [-0.05, 0) is 237 Å². The van der Waals surface area contributed by atoms with Gasteiger partial charge in [0, 0.05) is 117 Å². The Kier molecular flexibility index (Phi) is 18.1. The molecule has 14 aromatic rings. The van der Waals surface area contributed by atoms with Crippen LogP contribution in [0.4, 0.5) is 0 Å². The summed E-state index contributed by atoms with van der Waals surface area (Å²) in [6, 6.07) is 44.7. The monoisotopic (exact) mass is 1630 g/mol. The second-order valence-corrected chi connectivity index (χ2v) is 73.1. The highest BCUT2D eigenvalue weighted by Crippen LogP contribution is 2.60. The highest BCUT2D eigenvalue weighted by atomic mass is 32.2. The molecule has 0 N–H and O–H groups in total. The summed E-state index contributed by atoms with van der Waals surface area (Å²) in [6.45, 7) is 48.7. The predicted octanol–water partition coefficient (Wildman–Crippen LogP) is 28.7. The van der Waals surface area contributed by atoms with E-state index in [4.69, 9.17) is 0 Å². The van der Waals surface area contributed by atoms with E-state index in [-0.39, 0.29) is 0 Å². The fourth-order valence-electron chi connectivity index (χ4n) is 14.6. The number of hydrogen-bond acceptors (Lipinski definition) is 14. The van der Waals surface area contributed by atoms with Crippen molar-refractivity contribution in [2.75, 3.05) is 0 Å². The maximum absolute atomic E-state index is 2.59. The standard InChI is InChI=1S/C80H84S14Si5/c1-41-29-57(85-69(41)53-21-25-65(81-53)95(9,10)11)73-45(5)33-61(89-73)77-49-37-99(38-50(49)78(93-77)62-34-46(6)74(90-62)58-30-42(2)70(86-58)54-22-26-66(82-54)96(12,13)14)39-51-52(40-99)80(64-36-48(8)76(92-64)60-32-44(4)72(88-60)56-24-28-68(84-56)98(18,19)20)94-79(51)63-35-47(7)75(91-63)59-31-43(3)71(87-59)55-23-27-67(83-55)97(15,16)17/h21-36H,37-40H2,1-20H3.